The van der Waals surface area contributed by atoms with Crippen molar-refractivity contribution in [2.45, 2.75) is 13.5 Å². The highest BCUT2D eigenvalue weighted by atomic mass is 32.1. The predicted octanol–water partition coefficient (Wildman–Crippen LogP) is 1.76. The zero-order chi connectivity index (χ0) is 18.5. The summed E-state index contributed by atoms with van der Waals surface area (Å²) in [7, 11) is 0. The molecule has 3 rings (SSSR count). The number of carbonyl (C=O) groups is 2. The largest absolute Gasteiger partial charge is 0.342 e. The van der Waals surface area contributed by atoms with Gasteiger partial charge in [0.05, 0.1) is 28.9 Å². The molecule has 0 bridgehead atoms. The Hall–Kier alpha value is -3.00. The van der Waals surface area contributed by atoms with Gasteiger partial charge in [-0.05, 0) is 30.5 Å². The first-order valence-electron chi connectivity index (χ1n) is 8.16. The predicted molar refractivity (Wildman–Crippen MR) is 100 cm³/mol. The van der Waals surface area contributed by atoms with Crippen LogP contribution in [0, 0.1) is 0 Å². The van der Waals surface area contributed by atoms with Crippen molar-refractivity contribution in [1.82, 2.24) is 20.2 Å². The molecule has 3 aromatic rings. The first-order chi connectivity index (χ1) is 12.6. The third kappa shape index (κ3) is 3.97. The maximum atomic E-state index is 12.4. The smallest absolute Gasteiger partial charge is 0.261 e. The summed E-state index contributed by atoms with van der Waals surface area (Å²) in [5.41, 5.74) is 0.348. The number of amides is 2. The van der Waals surface area contributed by atoms with E-state index in [4.69, 9.17) is 0 Å². The Morgan fingerprint density at radius 3 is 2.77 bits per heavy atom. The molecule has 0 radical (unpaired) electrons. The number of H-pyrrole nitrogens is 1. The molecule has 0 aliphatic heterocycles. The maximum absolute atomic E-state index is 12.4. The number of aromatic amines is 1. The Kier molecular flexibility index (Phi) is 5.43. The number of nitrogens with one attached hydrogen (secondary N) is 2. The molecule has 1 aromatic carbocycles. The lowest BCUT2D eigenvalue weighted by Crippen LogP contribution is -2.40. The number of nitrogens with zero attached hydrogens (tertiary/aromatic N) is 2. The summed E-state index contributed by atoms with van der Waals surface area (Å²) in [6.45, 7) is 2.33. The van der Waals surface area contributed by atoms with Crippen LogP contribution in [0.4, 0.5) is 0 Å². The molecule has 0 unspecified atom stereocenters. The number of thiophene rings is 1. The van der Waals surface area contributed by atoms with Crippen LogP contribution in [0.3, 0.4) is 0 Å². The van der Waals surface area contributed by atoms with E-state index in [2.05, 4.69) is 15.3 Å². The standard InChI is InChI=1S/C18H18N4O3S/c1-2-22(16(23)10-19-18(25)14-8-5-9-26-14)11-15-20-13-7-4-3-6-12(13)17(24)21-15/h3-9H,2,10-11H2,1H3,(H,19,25)(H,20,21,24). The van der Waals surface area contributed by atoms with E-state index < -0.39 is 0 Å². The number of aromatic nitrogens is 2. The van der Waals surface area contributed by atoms with Crippen molar-refractivity contribution in [2.75, 3.05) is 13.1 Å². The van der Waals surface area contributed by atoms with Crippen LogP contribution in [0.5, 0.6) is 0 Å². The molecule has 0 spiro atoms. The second kappa shape index (κ2) is 7.92. The van der Waals surface area contributed by atoms with Crippen molar-refractivity contribution in [3.05, 3.63) is 62.8 Å². The van der Waals surface area contributed by atoms with Crippen LogP contribution in [0.2, 0.25) is 0 Å². The lowest BCUT2D eigenvalue weighted by Gasteiger charge is -2.20. The number of rotatable bonds is 6. The minimum atomic E-state index is -0.276. The van der Waals surface area contributed by atoms with E-state index in [-0.39, 0.29) is 30.5 Å². The van der Waals surface area contributed by atoms with Crippen LogP contribution in [0.25, 0.3) is 10.9 Å². The van der Waals surface area contributed by atoms with Crippen LogP contribution < -0.4 is 10.9 Å². The molecule has 134 valence electrons. The molecular weight excluding hydrogens is 352 g/mol. The van der Waals surface area contributed by atoms with Crippen LogP contribution in [-0.4, -0.2) is 39.8 Å². The van der Waals surface area contributed by atoms with Crippen molar-refractivity contribution in [1.29, 1.82) is 0 Å². The lowest BCUT2D eigenvalue weighted by atomic mass is 10.2. The normalized spacial score (nSPS) is 10.7. The highest BCUT2D eigenvalue weighted by Crippen LogP contribution is 2.09. The highest BCUT2D eigenvalue weighted by Gasteiger charge is 2.16. The van der Waals surface area contributed by atoms with Gasteiger partial charge < -0.3 is 15.2 Å². The van der Waals surface area contributed by atoms with Gasteiger partial charge in [-0.1, -0.05) is 18.2 Å². The first kappa shape index (κ1) is 17.8. The van der Waals surface area contributed by atoms with E-state index in [9.17, 15) is 14.4 Å². The van der Waals surface area contributed by atoms with Crippen LogP contribution in [-0.2, 0) is 11.3 Å². The third-order valence-electron chi connectivity index (χ3n) is 3.88. The number of hydrogen-bond acceptors (Lipinski definition) is 5. The molecule has 2 heterocycles. The molecule has 0 aliphatic rings. The van der Waals surface area contributed by atoms with E-state index in [0.717, 1.165) is 0 Å². The second-order valence-corrected chi connectivity index (χ2v) is 6.55. The lowest BCUT2D eigenvalue weighted by molar-refractivity contribution is -0.130. The highest BCUT2D eigenvalue weighted by molar-refractivity contribution is 7.12. The summed E-state index contributed by atoms with van der Waals surface area (Å²) in [5.74, 6) is -0.108. The van der Waals surface area contributed by atoms with E-state index in [1.807, 2.05) is 6.92 Å². The van der Waals surface area contributed by atoms with Crippen LogP contribution in [0.15, 0.2) is 46.6 Å². The van der Waals surface area contributed by atoms with Crippen molar-refractivity contribution < 1.29 is 9.59 Å². The van der Waals surface area contributed by atoms with Gasteiger partial charge in [0.25, 0.3) is 11.5 Å². The number of likely N-dealkylation sites (N-methyl/N-ethyl adjacent to an activating group) is 1. The van der Waals surface area contributed by atoms with E-state index in [1.54, 1.807) is 41.8 Å². The Morgan fingerprint density at radius 2 is 2.04 bits per heavy atom. The monoisotopic (exact) mass is 370 g/mol. The summed E-state index contributed by atoms with van der Waals surface area (Å²) in [6, 6.07) is 10.5. The van der Waals surface area contributed by atoms with Gasteiger partial charge >= 0.3 is 0 Å². The summed E-state index contributed by atoms with van der Waals surface area (Å²) >= 11 is 1.32. The van der Waals surface area contributed by atoms with E-state index in [0.29, 0.717) is 28.1 Å². The first-order valence-corrected chi connectivity index (χ1v) is 9.04. The zero-order valence-electron chi connectivity index (χ0n) is 14.2. The number of fused-ring (bicyclic) bond motifs is 1. The third-order valence-corrected chi connectivity index (χ3v) is 4.75. The van der Waals surface area contributed by atoms with Crippen LogP contribution >= 0.6 is 11.3 Å². The Labute approximate surface area is 153 Å². The minimum absolute atomic E-state index is 0.109. The molecule has 0 saturated heterocycles. The van der Waals surface area contributed by atoms with E-state index in [1.165, 1.54) is 16.2 Å². The fourth-order valence-electron chi connectivity index (χ4n) is 2.53. The fraction of sp³-hybridized carbons (Fsp3) is 0.222. The van der Waals surface area contributed by atoms with Crippen molar-refractivity contribution in [2.24, 2.45) is 0 Å². The molecular formula is C18H18N4O3S. The summed E-state index contributed by atoms with van der Waals surface area (Å²) in [5, 5.41) is 4.92. The van der Waals surface area contributed by atoms with Crippen molar-refractivity contribution in [3.63, 3.8) is 0 Å². The zero-order valence-corrected chi connectivity index (χ0v) is 15.0. The molecule has 2 amide bonds. The summed E-state index contributed by atoms with van der Waals surface area (Å²) < 4.78 is 0. The van der Waals surface area contributed by atoms with Gasteiger partial charge in [-0.3, -0.25) is 14.4 Å². The Balaban J connectivity index is 1.68. The Morgan fingerprint density at radius 1 is 1.23 bits per heavy atom. The number of hydrogen-bond donors (Lipinski definition) is 2. The number of carbonyl (C=O) groups excluding carboxylic acids is 2. The van der Waals surface area contributed by atoms with Gasteiger partial charge in [-0.25, -0.2) is 4.98 Å². The molecule has 0 saturated carbocycles. The fourth-order valence-corrected chi connectivity index (χ4v) is 3.17. The molecule has 2 aromatic heterocycles. The van der Waals surface area contributed by atoms with Crippen LogP contribution in [0.1, 0.15) is 22.4 Å². The van der Waals surface area contributed by atoms with Crippen molar-refractivity contribution >= 4 is 34.1 Å². The molecule has 8 heteroatoms. The number of benzene rings is 1. The van der Waals surface area contributed by atoms with Gasteiger partial charge in [-0.2, -0.15) is 0 Å². The number of para-hydroxylation sites is 1. The molecule has 7 nitrogen and oxygen atoms in total. The molecule has 26 heavy (non-hydrogen) atoms. The van der Waals surface area contributed by atoms with Gasteiger partial charge in [0.2, 0.25) is 5.91 Å². The second-order valence-electron chi connectivity index (χ2n) is 5.60. The average Bonchev–Trinajstić information content (AvgIpc) is 3.19. The molecule has 0 atom stereocenters. The van der Waals surface area contributed by atoms with Crippen molar-refractivity contribution in [3.8, 4) is 0 Å². The van der Waals surface area contributed by atoms with Gasteiger partial charge in [-0.15, -0.1) is 11.3 Å². The molecule has 0 fully saturated rings. The summed E-state index contributed by atoms with van der Waals surface area (Å²) in [6.07, 6.45) is 0. The molecule has 0 aliphatic carbocycles. The topological polar surface area (TPSA) is 95.2 Å². The minimum Gasteiger partial charge on any atom is -0.342 e. The summed E-state index contributed by atoms with van der Waals surface area (Å²) in [4.78, 5) is 45.7. The average molecular weight is 370 g/mol. The van der Waals surface area contributed by atoms with Gasteiger partial charge in [0, 0.05) is 6.54 Å². The van der Waals surface area contributed by atoms with E-state index >= 15 is 0 Å². The Bertz CT molecular complexity index is 982. The quantitative estimate of drug-likeness (QED) is 0.691. The van der Waals surface area contributed by atoms with Gasteiger partial charge in [0.15, 0.2) is 0 Å². The maximum Gasteiger partial charge on any atom is 0.261 e. The SMILES string of the molecule is CCN(Cc1nc2ccccc2c(=O)[nH]1)C(=O)CNC(=O)c1cccs1. The molecule has 2 N–H and O–H groups in total. The van der Waals surface area contributed by atoms with Gasteiger partial charge in [0.1, 0.15) is 5.82 Å².